The van der Waals surface area contributed by atoms with Crippen LogP contribution in [-0.2, 0) is 21.7 Å². The smallest absolute Gasteiger partial charge is 0.101 e. The molecule has 4 bridgehead atoms. The molecule has 64 heavy (non-hydrogen) atoms. The molecule has 4 unspecified atom stereocenters. The zero-order chi connectivity index (χ0) is 42.9. The van der Waals surface area contributed by atoms with Gasteiger partial charge in [0.15, 0.2) is 0 Å². The summed E-state index contributed by atoms with van der Waals surface area (Å²) in [6, 6.07) is 80.0. The molecule has 1 aromatic heterocycles. The lowest BCUT2D eigenvalue weighted by Crippen LogP contribution is -2.67. The minimum atomic E-state index is -0.242. The summed E-state index contributed by atoms with van der Waals surface area (Å²) >= 11 is 0. The van der Waals surface area contributed by atoms with E-state index in [9.17, 15) is 10.5 Å². The lowest BCUT2D eigenvalue weighted by Gasteiger charge is -2.71. The van der Waals surface area contributed by atoms with Crippen LogP contribution >= 0.6 is 0 Å². The molecule has 0 radical (unpaired) electrons. The Morgan fingerprint density at radius 2 is 0.734 bits per heavy atom. The molecule has 4 atom stereocenters. The largest absolute Gasteiger partial charge is 0.311 e. The molecule has 4 aliphatic carbocycles. The van der Waals surface area contributed by atoms with Crippen molar-refractivity contribution in [3.63, 3.8) is 0 Å². The van der Waals surface area contributed by atoms with E-state index in [0.717, 1.165) is 61.3 Å². The lowest BCUT2D eigenvalue weighted by molar-refractivity contribution is -0.0691. The first kappa shape index (κ1) is 38.0. The predicted molar refractivity (Wildman–Crippen MR) is 259 cm³/mol. The summed E-state index contributed by atoms with van der Waals surface area (Å²) in [5.41, 5.74) is 12.5. The number of hydrogen-bond acceptors (Lipinski definition) is 3. The maximum absolute atomic E-state index is 10.4. The molecule has 4 saturated carbocycles. The van der Waals surface area contributed by atoms with E-state index < -0.39 is 0 Å². The van der Waals surface area contributed by atoms with E-state index in [1.54, 1.807) is 0 Å². The molecule has 0 spiro atoms. The van der Waals surface area contributed by atoms with Crippen molar-refractivity contribution < 1.29 is 0 Å². The number of benzene rings is 8. The van der Waals surface area contributed by atoms with Gasteiger partial charge in [-0.2, -0.15) is 10.5 Å². The van der Waals surface area contributed by atoms with Gasteiger partial charge in [-0.25, -0.2) is 0 Å². The van der Waals surface area contributed by atoms with Crippen molar-refractivity contribution in [2.75, 3.05) is 4.90 Å². The van der Waals surface area contributed by atoms with Crippen LogP contribution in [0.25, 0.3) is 27.5 Å². The van der Waals surface area contributed by atoms with Gasteiger partial charge in [-0.3, -0.25) is 0 Å². The average Bonchev–Trinajstić information content (AvgIpc) is 3.69. The van der Waals surface area contributed by atoms with Crippen molar-refractivity contribution in [3.05, 3.63) is 240 Å². The summed E-state index contributed by atoms with van der Waals surface area (Å²) in [6.07, 6.45) is 6.10. The summed E-state index contributed by atoms with van der Waals surface area (Å²) in [7, 11) is 0. The van der Waals surface area contributed by atoms with Crippen LogP contribution in [0.15, 0.2) is 206 Å². The van der Waals surface area contributed by atoms with E-state index in [2.05, 4.69) is 222 Å². The van der Waals surface area contributed by atoms with Crippen LogP contribution in [0.3, 0.4) is 0 Å². The maximum atomic E-state index is 10.4. The molecule has 0 aliphatic heterocycles. The van der Waals surface area contributed by atoms with Crippen LogP contribution in [0.5, 0.6) is 0 Å². The first-order valence-electron chi connectivity index (χ1n) is 22.5. The normalized spacial score (nSPS) is 23.2. The molecule has 4 aliphatic rings. The van der Waals surface area contributed by atoms with Crippen LogP contribution in [0.1, 0.15) is 71.9 Å². The summed E-state index contributed by atoms with van der Waals surface area (Å²) in [4.78, 5) is 2.34. The number of para-hydroxylation sites is 4. The highest BCUT2D eigenvalue weighted by Crippen LogP contribution is 2.75. The summed E-state index contributed by atoms with van der Waals surface area (Å²) in [5, 5.41) is 23.0. The monoisotopic (exact) mass is 822 g/mol. The van der Waals surface area contributed by atoms with E-state index in [1.165, 1.54) is 44.1 Å². The number of nitriles is 2. The minimum absolute atomic E-state index is 0.124. The Kier molecular flexibility index (Phi) is 8.59. The van der Waals surface area contributed by atoms with Crippen molar-refractivity contribution in [2.24, 2.45) is 0 Å². The zero-order valence-corrected chi connectivity index (χ0v) is 35.7. The Morgan fingerprint density at radius 3 is 1.22 bits per heavy atom. The van der Waals surface area contributed by atoms with Gasteiger partial charge in [0.1, 0.15) is 12.1 Å². The molecule has 0 N–H and O–H groups in total. The molecule has 306 valence electrons. The molecule has 0 amide bonds. The highest BCUT2D eigenvalue weighted by atomic mass is 15.1. The Balaban J connectivity index is 1.05. The Bertz CT molecular complexity index is 3210. The van der Waals surface area contributed by atoms with Gasteiger partial charge in [0.25, 0.3) is 0 Å². The number of hydrogen-bond donors (Lipinski definition) is 0. The quantitative estimate of drug-likeness (QED) is 0.153. The van der Waals surface area contributed by atoms with Gasteiger partial charge in [-0.15, -0.1) is 0 Å². The van der Waals surface area contributed by atoms with Crippen LogP contribution < -0.4 is 4.90 Å². The second-order valence-corrected chi connectivity index (χ2v) is 19.0. The van der Waals surface area contributed by atoms with E-state index >= 15 is 0 Å². The molecule has 1 heterocycles. The van der Waals surface area contributed by atoms with Crippen molar-refractivity contribution in [1.29, 1.82) is 10.5 Å². The number of rotatable bonds is 8. The first-order chi connectivity index (χ1) is 31.4. The van der Waals surface area contributed by atoms with E-state index in [-0.39, 0.29) is 21.7 Å². The number of aromatic nitrogens is 1. The molecular formula is C60H46N4. The minimum Gasteiger partial charge on any atom is -0.311 e. The highest BCUT2D eigenvalue weighted by Gasteiger charge is 2.69. The third-order valence-corrected chi connectivity index (χ3v) is 15.4. The molecule has 13 rings (SSSR count). The summed E-state index contributed by atoms with van der Waals surface area (Å²) < 4.78 is 2.42. The fourth-order valence-electron chi connectivity index (χ4n) is 13.4. The van der Waals surface area contributed by atoms with Crippen molar-refractivity contribution >= 4 is 38.9 Å². The van der Waals surface area contributed by atoms with Gasteiger partial charge in [0, 0.05) is 33.5 Å². The van der Waals surface area contributed by atoms with Gasteiger partial charge >= 0.3 is 0 Å². The SMILES string of the molecule is N#Cc1ccc(C23CC4(c5ccccc5)CC(c5ccc(N(c6ccccc6)c6ccccc6)cc5)(CC(c5ccc(-n6c7ccccc7c7ccccc76)cc5)(C4)C2)C3)cc1C#N. The van der Waals surface area contributed by atoms with Crippen LogP contribution in [-0.4, -0.2) is 4.57 Å². The topological polar surface area (TPSA) is 55.8 Å². The third kappa shape index (κ3) is 5.79. The molecule has 4 heteroatoms. The van der Waals surface area contributed by atoms with Gasteiger partial charge in [-0.1, -0.05) is 133 Å². The number of fused-ring (bicyclic) bond motifs is 3. The second-order valence-electron chi connectivity index (χ2n) is 19.0. The summed E-state index contributed by atoms with van der Waals surface area (Å²) in [6.45, 7) is 0. The van der Waals surface area contributed by atoms with Crippen LogP contribution in [0, 0.1) is 22.7 Å². The van der Waals surface area contributed by atoms with Gasteiger partial charge in [-0.05, 0) is 155 Å². The number of anilines is 3. The van der Waals surface area contributed by atoms with Crippen LogP contribution in [0.2, 0.25) is 0 Å². The Labute approximate surface area is 374 Å². The zero-order valence-electron chi connectivity index (χ0n) is 35.7. The van der Waals surface area contributed by atoms with Crippen molar-refractivity contribution in [2.45, 2.75) is 60.2 Å². The molecular weight excluding hydrogens is 777 g/mol. The van der Waals surface area contributed by atoms with Crippen molar-refractivity contribution in [3.8, 4) is 17.8 Å². The van der Waals surface area contributed by atoms with E-state index in [1.807, 2.05) is 6.07 Å². The third-order valence-electron chi connectivity index (χ3n) is 15.4. The first-order valence-corrected chi connectivity index (χ1v) is 22.5. The van der Waals surface area contributed by atoms with E-state index in [0.29, 0.717) is 11.1 Å². The Morgan fingerprint density at radius 1 is 0.359 bits per heavy atom. The number of nitrogens with zero attached hydrogens (tertiary/aromatic N) is 4. The van der Waals surface area contributed by atoms with Gasteiger partial charge in [0.2, 0.25) is 0 Å². The fourth-order valence-corrected chi connectivity index (χ4v) is 13.4. The van der Waals surface area contributed by atoms with Crippen molar-refractivity contribution in [1.82, 2.24) is 4.57 Å². The van der Waals surface area contributed by atoms with E-state index in [4.69, 9.17) is 0 Å². The fraction of sp³-hybridized carbons (Fsp3) is 0.167. The molecule has 8 aromatic carbocycles. The molecule has 0 saturated heterocycles. The standard InChI is InChI=1S/C60H46N4/c61-35-43-24-25-48(34-44(43)36-62)60-40-57(45-14-4-1-5-15-45)37-58(41-60,46-26-30-51(31-27-46)63(49-16-6-2-7-17-49)50-18-8-3-9-19-50)39-59(38-57,42-60)47-28-32-52(33-29-47)64-55-22-12-10-20-53(55)54-21-11-13-23-56(54)64/h1-34H,37-42H2. The predicted octanol–water partition coefficient (Wildman–Crippen LogP) is 14.4. The average molecular weight is 823 g/mol. The summed E-state index contributed by atoms with van der Waals surface area (Å²) in [5.74, 6) is 0. The lowest BCUT2D eigenvalue weighted by atomic mass is 9.32. The molecule has 4 nitrogen and oxygen atoms in total. The van der Waals surface area contributed by atoms with Gasteiger partial charge in [0.05, 0.1) is 22.2 Å². The Hall–Kier alpha value is -7.66. The van der Waals surface area contributed by atoms with Gasteiger partial charge < -0.3 is 9.47 Å². The molecule has 9 aromatic rings. The second kappa shape index (κ2) is 14.5. The highest BCUT2D eigenvalue weighted by molar-refractivity contribution is 6.09. The maximum Gasteiger partial charge on any atom is 0.101 e. The molecule has 4 fully saturated rings. The van der Waals surface area contributed by atoms with Crippen LogP contribution in [0.4, 0.5) is 17.1 Å².